The number of hydrogen-bond donors (Lipinski definition) is 1. The van der Waals surface area contributed by atoms with Gasteiger partial charge in [-0.2, -0.15) is 14.8 Å². The number of H-pyrrole nitrogens is 1. The highest BCUT2D eigenvalue weighted by Gasteiger charge is 2.14. The molecule has 0 aliphatic carbocycles. The minimum absolute atomic E-state index is 0.557. The Kier molecular flexibility index (Phi) is 4.27. The highest BCUT2D eigenvalue weighted by Crippen LogP contribution is 2.28. The van der Waals surface area contributed by atoms with Gasteiger partial charge < -0.3 is 9.47 Å². The summed E-state index contributed by atoms with van der Waals surface area (Å²) in [5.41, 5.74) is 5.94. The molecule has 30 heavy (non-hydrogen) atoms. The van der Waals surface area contributed by atoms with Gasteiger partial charge in [0.1, 0.15) is 5.82 Å². The van der Waals surface area contributed by atoms with Crippen LogP contribution >= 0.6 is 0 Å². The van der Waals surface area contributed by atoms with Gasteiger partial charge in [-0.3, -0.25) is 0 Å². The monoisotopic (exact) mass is 399 g/mol. The molecule has 0 aliphatic rings. The van der Waals surface area contributed by atoms with Crippen molar-refractivity contribution in [1.29, 1.82) is 0 Å². The Morgan fingerprint density at radius 3 is 2.70 bits per heavy atom. The topological polar surface area (TPSA) is 92.8 Å². The Bertz CT molecular complexity index is 1300. The molecule has 1 aromatic carbocycles. The van der Waals surface area contributed by atoms with Crippen LogP contribution in [0.3, 0.4) is 0 Å². The van der Waals surface area contributed by atoms with Crippen molar-refractivity contribution < 1.29 is 0 Å². The molecule has 0 spiro atoms. The van der Waals surface area contributed by atoms with Gasteiger partial charge in [-0.1, -0.05) is 6.92 Å². The van der Waals surface area contributed by atoms with E-state index in [0.717, 1.165) is 46.2 Å². The van der Waals surface area contributed by atoms with E-state index in [0.29, 0.717) is 5.82 Å². The predicted octanol–water partition coefficient (Wildman–Crippen LogP) is 3.34. The van der Waals surface area contributed by atoms with Crippen LogP contribution in [-0.4, -0.2) is 46.8 Å². The maximum Gasteiger partial charge on any atom is 0.221 e. The van der Waals surface area contributed by atoms with Gasteiger partial charge in [0, 0.05) is 41.9 Å². The molecule has 0 saturated heterocycles. The number of nitrogens with zero attached hydrogens (tertiary/aromatic N) is 8. The van der Waals surface area contributed by atoms with Crippen LogP contribution in [0.15, 0.2) is 54.9 Å². The SMILES string of the molecule is CCc1cc(N(C)c2ccc(-n3cccc3-c3nn[nH]n3)cc2)n2ncc(C)c2n1. The molecule has 5 rings (SSSR count). The second-order valence-corrected chi connectivity index (χ2v) is 7.10. The second-order valence-electron chi connectivity index (χ2n) is 7.10. The minimum Gasteiger partial charge on any atom is -0.329 e. The lowest BCUT2D eigenvalue weighted by molar-refractivity contribution is 0.881. The smallest absolute Gasteiger partial charge is 0.221 e. The molecular weight excluding hydrogens is 378 g/mol. The molecular formula is C21H21N9. The Morgan fingerprint density at radius 2 is 1.97 bits per heavy atom. The summed E-state index contributed by atoms with van der Waals surface area (Å²) >= 11 is 0. The van der Waals surface area contributed by atoms with E-state index >= 15 is 0 Å². The van der Waals surface area contributed by atoms with Gasteiger partial charge in [0.05, 0.1) is 11.9 Å². The van der Waals surface area contributed by atoms with E-state index in [9.17, 15) is 0 Å². The molecule has 0 amide bonds. The molecule has 4 aromatic heterocycles. The van der Waals surface area contributed by atoms with Crippen LogP contribution in [-0.2, 0) is 6.42 Å². The summed E-state index contributed by atoms with van der Waals surface area (Å²) in [6.45, 7) is 4.15. The lowest BCUT2D eigenvalue weighted by Crippen LogP contribution is -2.15. The molecule has 0 bridgehead atoms. The highest BCUT2D eigenvalue weighted by molar-refractivity contribution is 5.65. The first-order chi connectivity index (χ1) is 14.7. The Hall–Kier alpha value is -4.01. The Morgan fingerprint density at radius 1 is 1.13 bits per heavy atom. The second kappa shape index (κ2) is 7.11. The van der Waals surface area contributed by atoms with Crippen LogP contribution in [0.4, 0.5) is 11.5 Å². The van der Waals surface area contributed by atoms with E-state index in [1.807, 2.05) is 47.6 Å². The van der Waals surface area contributed by atoms with Crippen molar-refractivity contribution in [2.75, 3.05) is 11.9 Å². The molecule has 0 atom stereocenters. The summed E-state index contributed by atoms with van der Waals surface area (Å²) in [5.74, 6) is 1.53. The van der Waals surface area contributed by atoms with Crippen molar-refractivity contribution in [2.45, 2.75) is 20.3 Å². The third-order valence-corrected chi connectivity index (χ3v) is 5.23. The van der Waals surface area contributed by atoms with E-state index < -0.39 is 0 Å². The fourth-order valence-corrected chi connectivity index (χ4v) is 3.55. The molecule has 5 aromatic rings. The zero-order chi connectivity index (χ0) is 20.7. The zero-order valence-corrected chi connectivity index (χ0v) is 17.0. The number of hydrogen-bond acceptors (Lipinski definition) is 6. The number of nitrogens with one attached hydrogen (secondary N) is 1. The number of aryl methyl sites for hydroxylation is 2. The molecule has 9 heteroatoms. The van der Waals surface area contributed by atoms with Crippen LogP contribution in [0.1, 0.15) is 18.2 Å². The van der Waals surface area contributed by atoms with Crippen molar-refractivity contribution in [3.63, 3.8) is 0 Å². The van der Waals surface area contributed by atoms with Crippen LogP contribution in [0, 0.1) is 6.92 Å². The minimum atomic E-state index is 0.557. The van der Waals surface area contributed by atoms with E-state index in [2.05, 4.69) is 67.9 Å². The number of anilines is 2. The molecule has 0 aliphatic heterocycles. The van der Waals surface area contributed by atoms with Crippen LogP contribution in [0.2, 0.25) is 0 Å². The summed E-state index contributed by atoms with van der Waals surface area (Å²) < 4.78 is 3.92. The molecule has 150 valence electrons. The average molecular weight is 399 g/mol. The summed E-state index contributed by atoms with van der Waals surface area (Å²) in [5, 5.41) is 18.9. The van der Waals surface area contributed by atoms with E-state index in [1.54, 1.807) is 0 Å². The number of benzene rings is 1. The summed E-state index contributed by atoms with van der Waals surface area (Å²) in [7, 11) is 2.04. The quantitative estimate of drug-likeness (QED) is 0.487. The zero-order valence-electron chi connectivity index (χ0n) is 17.0. The third kappa shape index (κ3) is 2.91. The molecule has 9 nitrogen and oxygen atoms in total. The molecule has 0 saturated carbocycles. The Labute approximate surface area is 173 Å². The number of rotatable bonds is 5. The number of tetrazole rings is 1. The molecule has 4 heterocycles. The number of aromatic nitrogens is 8. The van der Waals surface area contributed by atoms with Crippen LogP contribution in [0.5, 0.6) is 0 Å². The highest BCUT2D eigenvalue weighted by atomic mass is 15.5. The fourth-order valence-electron chi connectivity index (χ4n) is 3.55. The van der Waals surface area contributed by atoms with Crippen molar-refractivity contribution in [2.24, 2.45) is 0 Å². The standard InChI is InChI=1S/C21H21N9/c1-4-15-12-19(30-21(23-15)14(2)13-22-30)28(3)16-7-9-17(10-8-16)29-11-5-6-18(29)20-24-26-27-25-20/h5-13H,4H2,1-3H3,(H,24,25,26,27). The fraction of sp³-hybridized carbons (Fsp3) is 0.190. The maximum atomic E-state index is 4.72. The van der Waals surface area contributed by atoms with Crippen molar-refractivity contribution in [3.8, 4) is 17.2 Å². The first-order valence-electron chi connectivity index (χ1n) is 9.75. The Balaban J connectivity index is 1.51. The first-order valence-corrected chi connectivity index (χ1v) is 9.75. The molecule has 1 N–H and O–H groups in total. The van der Waals surface area contributed by atoms with Gasteiger partial charge in [-0.25, -0.2) is 4.98 Å². The molecule has 0 unspecified atom stereocenters. The number of aromatic amines is 1. The summed E-state index contributed by atoms with van der Waals surface area (Å²) in [6.07, 6.45) is 4.71. The van der Waals surface area contributed by atoms with Crippen molar-refractivity contribution in [3.05, 3.63) is 66.1 Å². The van der Waals surface area contributed by atoms with Gasteiger partial charge in [-0.15, -0.1) is 10.2 Å². The van der Waals surface area contributed by atoms with Crippen molar-refractivity contribution >= 4 is 17.2 Å². The van der Waals surface area contributed by atoms with Gasteiger partial charge in [-0.05, 0) is 55.0 Å². The van der Waals surface area contributed by atoms with E-state index in [4.69, 9.17) is 4.98 Å². The average Bonchev–Trinajstić information content (AvgIpc) is 3.54. The predicted molar refractivity (Wildman–Crippen MR) is 114 cm³/mol. The number of fused-ring (bicyclic) bond motifs is 1. The lowest BCUT2D eigenvalue weighted by Gasteiger charge is -2.21. The van der Waals surface area contributed by atoms with E-state index in [1.165, 1.54) is 0 Å². The largest absolute Gasteiger partial charge is 0.329 e. The molecule has 0 fully saturated rings. The summed E-state index contributed by atoms with van der Waals surface area (Å²) in [6, 6.07) is 14.3. The lowest BCUT2D eigenvalue weighted by atomic mass is 10.2. The van der Waals surface area contributed by atoms with Gasteiger partial charge in [0.2, 0.25) is 5.82 Å². The van der Waals surface area contributed by atoms with Crippen molar-refractivity contribution in [1.82, 2.24) is 39.8 Å². The third-order valence-electron chi connectivity index (χ3n) is 5.23. The van der Waals surface area contributed by atoms with Gasteiger partial charge in [0.15, 0.2) is 5.65 Å². The van der Waals surface area contributed by atoms with Gasteiger partial charge >= 0.3 is 0 Å². The first kappa shape index (κ1) is 18.0. The van der Waals surface area contributed by atoms with Crippen LogP contribution in [0.25, 0.3) is 22.9 Å². The summed E-state index contributed by atoms with van der Waals surface area (Å²) in [4.78, 5) is 6.85. The van der Waals surface area contributed by atoms with E-state index in [-0.39, 0.29) is 0 Å². The maximum absolute atomic E-state index is 4.72. The van der Waals surface area contributed by atoms with Crippen LogP contribution < -0.4 is 4.90 Å². The normalized spacial score (nSPS) is 11.3. The molecule has 0 radical (unpaired) electrons. The van der Waals surface area contributed by atoms with Gasteiger partial charge in [0.25, 0.3) is 0 Å².